The third-order valence-corrected chi connectivity index (χ3v) is 3.25. The zero-order valence-electron chi connectivity index (χ0n) is 10.9. The van der Waals surface area contributed by atoms with E-state index in [1.807, 2.05) is 4.90 Å². The fourth-order valence-corrected chi connectivity index (χ4v) is 2.39. The summed E-state index contributed by atoms with van der Waals surface area (Å²) in [5.41, 5.74) is 0.478. The van der Waals surface area contributed by atoms with E-state index in [2.05, 4.69) is 0 Å². The second-order valence-electron chi connectivity index (χ2n) is 4.66. The van der Waals surface area contributed by atoms with E-state index in [-0.39, 0.29) is 11.9 Å². The topological polar surface area (TPSA) is 29.5 Å². The molecule has 0 amide bonds. The molecule has 1 aromatic rings. The van der Waals surface area contributed by atoms with Gasteiger partial charge in [-0.2, -0.15) is 0 Å². The summed E-state index contributed by atoms with van der Waals surface area (Å²) in [5, 5.41) is 0. The highest BCUT2D eigenvalue weighted by atomic mass is 19.1. The quantitative estimate of drug-likeness (QED) is 0.790. The van der Waals surface area contributed by atoms with Crippen molar-refractivity contribution in [3.63, 3.8) is 0 Å². The number of esters is 1. The lowest BCUT2D eigenvalue weighted by molar-refractivity contribution is -0.148. The molecule has 1 atom stereocenters. The second-order valence-corrected chi connectivity index (χ2v) is 4.66. The van der Waals surface area contributed by atoms with Gasteiger partial charge in [0, 0.05) is 24.8 Å². The Morgan fingerprint density at radius 3 is 2.68 bits per heavy atom. The molecule has 2 rings (SSSR count). The van der Waals surface area contributed by atoms with E-state index >= 15 is 0 Å². The molecule has 1 unspecified atom stereocenters. The summed E-state index contributed by atoms with van der Waals surface area (Å²) in [6.45, 7) is 3.25. The van der Waals surface area contributed by atoms with Crippen LogP contribution in [0, 0.1) is 17.6 Å². The van der Waals surface area contributed by atoms with Crippen LogP contribution in [-0.4, -0.2) is 25.7 Å². The van der Waals surface area contributed by atoms with Crippen molar-refractivity contribution in [1.29, 1.82) is 0 Å². The summed E-state index contributed by atoms with van der Waals surface area (Å²) in [6, 6.07) is 3.42. The van der Waals surface area contributed by atoms with Gasteiger partial charge in [0.2, 0.25) is 0 Å². The van der Waals surface area contributed by atoms with Gasteiger partial charge in [0.25, 0.3) is 0 Å². The van der Waals surface area contributed by atoms with Crippen LogP contribution in [0.1, 0.15) is 19.8 Å². The summed E-state index contributed by atoms with van der Waals surface area (Å²) in [4.78, 5) is 13.5. The molecule has 0 bridgehead atoms. The Morgan fingerprint density at radius 2 is 2.05 bits per heavy atom. The van der Waals surface area contributed by atoms with Gasteiger partial charge in [-0.25, -0.2) is 8.78 Å². The Balaban J connectivity index is 2.10. The maximum atomic E-state index is 13.2. The smallest absolute Gasteiger partial charge is 0.310 e. The van der Waals surface area contributed by atoms with Gasteiger partial charge in [-0.15, -0.1) is 0 Å². The lowest BCUT2D eigenvalue weighted by atomic mass is 9.97. The Hall–Kier alpha value is -1.65. The molecule has 1 aliphatic rings. The fraction of sp³-hybridized carbons (Fsp3) is 0.500. The average molecular weight is 269 g/mol. The first-order chi connectivity index (χ1) is 9.10. The zero-order chi connectivity index (χ0) is 13.8. The van der Waals surface area contributed by atoms with Crippen molar-refractivity contribution < 1.29 is 18.3 Å². The molecule has 1 saturated heterocycles. The van der Waals surface area contributed by atoms with Crippen LogP contribution in [0.4, 0.5) is 14.5 Å². The molecule has 0 radical (unpaired) electrons. The first-order valence-corrected chi connectivity index (χ1v) is 6.48. The van der Waals surface area contributed by atoms with Gasteiger partial charge >= 0.3 is 5.97 Å². The third kappa shape index (κ3) is 3.43. The predicted molar refractivity (Wildman–Crippen MR) is 67.9 cm³/mol. The SMILES string of the molecule is CCOC(=O)C1CCCN(c2cc(F)cc(F)c2)C1. The van der Waals surface area contributed by atoms with Crippen LogP contribution in [0.15, 0.2) is 18.2 Å². The largest absolute Gasteiger partial charge is 0.466 e. The minimum atomic E-state index is -0.603. The van der Waals surface area contributed by atoms with Crippen LogP contribution in [-0.2, 0) is 9.53 Å². The first kappa shape index (κ1) is 13.8. The van der Waals surface area contributed by atoms with Crippen LogP contribution >= 0.6 is 0 Å². The van der Waals surface area contributed by atoms with E-state index < -0.39 is 11.6 Å². The first-order valence-electron chi connectivity index (χ1n) is 6.48. The van der Waals surface area contributed by atoms with E-state index in [9.17, 15) is 13.6 Å². The van der Waals surface area contributed by atoms with Crippen molar-refractivity contribution in [2.45, 2.75) is 19.8 Å². The normalized spacial score (nSPS) is 19.3. The highest BCUT2D eigenvalue weighted by Gasteiger charge is 2.27. The van der Waals surface area contributed by atoms with Gasteiger partial charge in [-0.3, -0.25) is 4.79 Å². The van der Waals surface area contributed by atoms with Crippen molar-refractivity contribution in [3.8, 4) is 0 Å². The number of benzene rings is 1. The van der Waals surface area contributed by atoms with E-state index in [1.165, 1.54) is 12.1 Å². The molecule has 0 saturated carbocycles. The Labute approximate surface area is 111 Å². The third-order valence-electron chi connectivity index (χ3n) is 3.25. The number of hydrogen-bond acceptors (Lipinski definition) is 3. The van der Waals surface area contributed by atoms with E-state index in [1.54, 1.807) is 6.92 Å². The van der Waals surface area contributed by atoms with Crippen molar-refractivity contribution in [3.05, 3.63) is 29.8 Å². The highest BCUT2D eigenvalue weighted by molar-refractivity contribution is 5.73. The molecule has 1 aliphatic heterocycles. The lowest BCUT2D eigenvalue weighted by Gasteiger charge is -2.33. The van der Waals surface area contributed by atoms with Crippen LogP contribution in [0.3, 0.4) is 0 Å². The van der Waals surface area contributed by atoms with E-state index in [0.717, 1.165) is 18.9 Å². The van der Waals surface area contributed by atoms with Crippen molar-refractivity contribution >= 4 is 11.7 Å². The number of rotatable bonds is 3. The van der Waals surface area contributed by atoms with Gasteiger partial charge in [0.1, 0.15) is 11.6 Å². The number of carbonyl (C=O) groups is 1. The molecule has 19 heavy (non-hydrogen) atoms. The summed E-state index contributed by atoms with van der Waals surface area (Å²) in [6.07, 6.45) is 1.56. The number of piperidine rings is 1. The summed E-state index contributed by atoms with van der Waals surface area (Å²) < 4.78 is 31.4. The molecule has 1 heterocycles. The van der Waals surface area contributed by atoms with Crippen LogP contribution in [0.2, 0.25) is 0 Å². The van der Waals surface area contributed by atoms with Crippen molar-refractivity contribution in [1.82, 2.24) is 0 Å². The minimum Gasteiger partial charge on any atom is -0.466 e. The zero-order valence-corrected chi connectivity index (χ0v) is 10.9. The maximum absolute atomic E-state index is 13.2. The number of anilines is 1. The predicted octanol–water partition coefficient (Wildman–Crippen LogP) is 2.74. The number of nitrogens with zero attached hydrogens (tertiary/aromatic N) is 1. The molecular formula is C14H17F2NO2. The maximum Gasteiger partial charge on any atom is 0.310 e. The summed E-state index contributed by atoms with van der Waals surface area (Å²) in [7, 11) is 0. The Kier molecular flexibility index (Phi) is 4.35. The number of ether oxygens (including phenoxy) is 1. The van der Waals surface area contributed by atoms with Crippen LogP contribution in [0.25, 0.3) is 0 Å². The van der Waals surface area contributed by atoms with Crippen molar-refractivity contribution in [2.24, 2.45) is 5.92 Å². The van der Waals surface area contributed by atoms with Gasteiger partial charge < -0.3 is 9.64 Å². The lowest BCUT2D eigenvalue weighted by Crippen LogP contribution is -2.39. The molecule has 5 heteroatoms. The fourth-order valence-electron chi connectivity index (χ4n) is 2.39. The van der Waals surface area contributed by atoms with Gasteiger partial charge in [0.15, 0.2) is 0 Å². The molecule has 0 aromatic heterocycles. The molecule has 1 aromatic carbocycles. The molecule has 1 fully saturated rings. The number of halogens is 2. The van der Waals surface area contributed by atoms with Crippen LogP contribution < -0.4 is 4.90 Å². The summed E-state index contributed by atoms with van der Waals surface area (Å²) in [5.74, 6) is -1.66. The summed E-state index contributed by atoms with van der Waals surface area (Å²) >= 11 is 0. The Bertz CT molecular complexity index is 445. The number of hydrogen-bond donors (Lipinski definition) is 0. The second kappa shape index (κ2) is 5.99. The molecule has 3 nitrogen and oxygen atoms in total. The van der Waals surface area contributed by atoms with Gasteiger partial charge in [-0.05, 0) is 31.9 Å². The van der Waals surface area contributed by atoms with E-state index in [0.29, 0.717) is 25.4 Å². The molecule has 0 aliphatic carbocycles. The monoisotopic (exact) mass is 269 g/mol. The molecule has 104 valence electrons. The van der Waals surface area contributed by atoms with Crippen molar-refractivity contribution in [2.75, 3.05) is 24.6 Å². The highest BCUT2D eigenvalue weighted by Crippen LogP contribution is 2.25. The molecule has 0 spiro atoms. The standard InChI is InChI=1S/C14H17F2NO2/c1-2-19-14(18)10-4-3-5-17(9-10)13-7-11(15)6-12(16)8-13/h6-8,10H,2-5,9H2,1H3. The van der Waals surface area contributed by atoms with Gasteiger partial charge in [0.05, 0.1) is 12.5 Å². The molecule has 0 N–H and O–H groups in total. The number of carbonyl (C=O) groups excluding carboxylic acids is 1. The van der Waals surface area contributed by atoms with E-state index in [4.69, 9.17) is 4.74 Å². The minimum absolute atomic E-state index is 0.222. The van der Waals surface area contributed by atoms with Crippen LogP contribution in [0.5, 0.6) is 0 Å². The Morgan fingerprint density at radius 1 is 1.37 bits per heavy atom. The van der Waals surface area contributed by atoms with Gasteiger partial charge in [-0.1, -0.05) is 0 Å². The molecular weight excluding hydrogens is 252 g/mol. The average Bonchev–Trinajstić information content (AvgIpc) is 2.38.